The maximum absolute atomic E-state index is 10.7. The molecule has 0 atom stereocenters. The van der Waals surface area contributed by atoms with Gasteiger partial charge in [-0.1, -0.05) is 30.9 Å². The van der Waals surface area contributed by atoms with E-state index in [2.05, 4.69) is 13.2 Å². The second-order valence-corrected chi connectivity index (χ2v) is 4.14. The summed E-state index contributed by atoms with van der Waals surface area (Å²) in [5.74, 6) is 0.346. The molecule has 0 aliphatic rings. The van der Waals surface area contributed by atoms with E-state index in [1.807, 2.05) is 31.2 Å². The van der Waals surface area contributed by atoms with Gasteiger partial charge in [0.05, 0.1) is 13.2 Å². The Morgan fingerprint density at radius 3 is 2.40 bits per heavy atom. The molecule has 0 aliphatic carbocycles. The predicted octanol–water partition coefficient (Wildman–Crippen LogP) is 2.84. The first-order valence-corrected chi connectivity index (χ1v) is 6.39. The van der Waals surface area contributed by atoms with E-state index in [1.54, 1.807) is 0 Å². The third-order valence-electron chi connectivity index (χ3n) is 2.48. The summed E-state index contributed by atoms with van der Waals surface area (Å²) < 4.78 is 15.5. The van der Waals surface area contributed by atoms with Gasteiger partial charge in [-0.15, -0.1) is 0 Å². The number of esters is 1. The van der Waals surface area contributed by atoms with Crippen LogP contribution in [0.1, 0.15) is 12.5 Å². The molecule has 0 N–H and O–H groups in total. The number of hydrogen-bond acceptors (Lipinski definition) is 4. The molecular formula is C16H20O4. The molecule has 0 heterocycles. The molecule has 0 saturated carbocycles. The first-order valence-electron chi connectivity index (χ1n) is 6.39. The number of carbonyl (C=O) groups excluding carboxylic acids is 1. The summed E-state index contributed by atoms with van der Waals surface area (Å²) in [5, 5.41) is 0. The van der Waals surface area contributed by atoms with Crippen LogP contribution in [0.25, 0.3) is 5.57 Å². The lowest BCUT2D eigenvalue weighted by Crippen LogP contribution is -2.12. The quantitative estimate of drug-likeness (QED) is 0.395. The Bertz CT molecular complexity index is 448. The van der Waals surface area contributed by atoms with Gasteiger partial charge in [0.1, 0.15) is 19.0 Å². The molecule has 1 aromatic carbocycles. The fourth-order valence-electron chi connectivity index (χ4n) is 1.42. The summed E-state index contributed by atoms with van der Waals surface area (Å²) in [6, 6.07) is 7.73. The van der Waals surface area contributed by atoms with Crippen LogP contribution in [0.2, 0.25) is 0 Å². The first kappa shape index (κ1) is 16.0. The summed E-state index contributed by atoms with van der Waals surface area (Å²) >= 11 is 0. The second-order valence-electron chi connectivity index (χ2n) is 4.14. The third kappa shape index (κ3) is 6.20. The highest BCUT2D eigenvalue weighted by molar-refractivity contribution is 5.81. The minimum absolute atomic E-state index is 0.220. The van der Waals surface area contributed by atoms with Gasteiger partial charge in [0.15, 0.2) is 0 Å². The fourth-order valence-corrected chi connectivity index (χ4v) is 1.42. The molecule has 20 heavy (non-hydrogen) atoms. The number of carbonyl (C=O) groups is 1. The van der Waals surface area contributed by atoms with Crippen molar-refractivity contribution in [2.75, 3.05) is 26.4 Å². The Morgan fingerprint density at radius 2 is 1.80 bits per heavy atom. The third-order valence-corrected chi connectivity index (χ3v) is 2.48. The molecule has 0 spiro atoms. The summed E-state index contributed by atoms with van der Waals surface area (Å²) in [7, 11) is 0. The van der Waals surface area contributed by atoms with Crippen molar-refractivity contribution in [3.05, 3.63) is 49.1 Å². The Kier molecular flexibility index (Phi) is 7.14. The SMILES string of the molecule is C=CC(=O)OCCOCCOc1ccc(C(=C)C)cc1. The Hall–Kier alpha value is -2.07. The molecule has 0 radical (unpaired) electrons. The minimum Gasteiger partial charge on any atom is -0.491 e. The fraction of sp³-hybridized carbons (Fsp3) is 0.312. The molecule has 0 unspecified atom stereocenters. The number of rotatable bonds is 9. The lowest BCUT2D eigenvalue weighted by molar-refractivity contribution is -0.139. The van der Waals surface area contributed by atoms with Crippen LogP contribution < -0.4 is 4.74 Å². The number of allylic oxidation sites excluding steroid dienone is 1. The molecule has 0 aromatic heterocycles. The predicted molar refractivity (Wildman–Crippen MR) is 78.6 cm³/mol. The molecule has 0 bridgehead atoms. The van der Waals surface area contributed by atoms with E-state index < -0.39 is 5.97 Å². The molecule has 4 heteroatoms. The normalized spacial score (nSPS) is 9.85. The Morgan fingerprint density at radius 1 is 1.15 bits per heavy atom. The highest BCUT2D eigenvalue weighted by Crippen LogP contribution is 2.16. The van der Waals surface area contributed by atoms with Gasteiger partial charge in [-0.3, -0.25) is 0 Å². The highest BCUT2D eigenvalue weighted by Gasteiger charge is 1.97. The monoisotopic (exact) mass is 276 g/mol. The highest BCUT2D eigenvalue weighted by atomic mass is 16.6. The van der Waals surface area contributed by atoms with Gasteiger partial charge in [-0.25, -0.2) is 4.79 Å². The summed E-state index contributed by atoms with van der Waals surface area (Å²) in [6.07, 6.45) is 1.12. The Balaban J connectivity index is 2.10. The van der Waals surface area contributed by atoms with Gasteiger partial charge in [0.2, 0.25) is 0 Å². The van der Waals surface area contributed by atoms with E-state index in [-0.39, 0.29) is 6.61 Å². The lowest BCUT2D eigenvalue weighted by atomic mass is 10.1. The topological polar surface area (TPSA) is 44.8 Å². The van der Waals surface area contributed by atoms with Crippen molar-refractivity contribution in [1.29, 1.82) is 0 Å². The standard InChI is InChI=1S/C16H20O4/c1-4-16(17)20-12-10-18-9-11-19-15-7-5-14(6-8-15)13(2)3/h4-8H,1-2,9-12H2,3H3. The molecule has 0 amide bonds. The van der Waals surface area contributed by atoms with Crippen molar-refractivity contribution in [1.82, 2.24) is 0 Å². The van der Waals surface area contributed by atoms with Crippen molar-refractivity contribution in [2.24, 2.45) is 0 Å². The van der Waals surface area contributed by atoms with Crippen LogP contribution in [0.5, 0.6) is 5.75 Å². The summed E-state index contributed by atoms with van der Waals surface area (Å²) in [4.78, 5) is 10.7. The molecule has 0 saturated heterocycles. The maximum atomic E-state index is 10.7. The number of ether oxygens (including phenoxy) is 3. The van der Waals surface area contributed by atoms with Gasteiger partial charge >= 0.3 is 5.97 Å². The summed E-state index contributed by atoms with van der Waals surface area (Å²) in [5.41, 5.74) is 2.12. The zero-order valence-corrected chi connectivity index (χ0v) is 11.8. The van der Waals surface area contributed by atoms with Crippen LogP contribution in [0.15, 0.2) is 43.5 Å². The van der Waals surface area contributed by atoms with Crippen molar-refractivity contribution in [3.8, 4) is 5.75 Å². The van der Waals surface area contributed by atoms with Crippen molar-refractivity contribution in [3.63, 3.8) is 0 Å². The van der Waals surface area contributed by atoms with Gasteiger partial charge in [-0.05, 0) is 24.6 Å². The zero-order valence-electron chi connectivity index (χ0n) is 11.8. The van der Waals surface area contributed by atoms with E-state index in [1.165, 1.54) is 0 Å². The van der Waals surface area contributed by atoms with Crippen molar-refractivity contribution >= 4 is 11.5 Å². The lowest BCUT2D eigenvalue weighted by Gasteiger charge is -2.08. The van der Waals surface area contributed by atoms with Crippen LogP contribution in [-0.4, -0.2) is 32.4 Å². The average Bonchev–Trinajstić information content (AvgIpc) is 2.46. The second kappa shape index (κ2) is 8.93. The van der Waals surface area contributed by atoms with Crippen LogP contribution >= 0.6 is 0 Å². The van der Waals surface area contributed by atoms with Crippen molar-refractivity contribution in [2.45, 2.75) is 6.92 Å². The van der Waals surface area contributed by atoms with E-state index in [9.17, 15) is 4.79 Å². The molecule has 1 aromatic rings. The largest absolute Gasteiger partial charge is 0.491 e. The van der Waals surface area contributed by atoms with E-state index in [0.717, 1.165) is 23.0 Å². The van der Waals surface area contributed by atoms with E-state index >= 15 is 0 Å². The zero-order chi connectivity index (χ0) is 14.8. The van der Waals surface area contributed by atoms with Crippen LogP contribution in [0.4, 0.5) is 0 Å². The summed E-state index contributed by atoms with van der Waals surface area (Å²) in [6.45, 7) is 10.6. The maximum Gasteiger partial charge on any atom is 0.330 e. The van der Waals surface area contributed by atoms with Gasteiger partial charge in [0.25, 0.3) is 0 Å². The molecule has 0 fully saturated rings. The minimum atomic E-state index is -0.442. The molecule has 4 nitrogen and oxygen atoms in total. The molecular weight excluding hydrogens is 256 g/mol. The smallest absolute Gasteiger partial charge is 0.330 e. The van der Waals surface area contributed by atoms with Crippen LogP contribution in [-0.2, 0) is 14.3 Å². The first-order chi connectivity index (χ1) is 9.63. The molecule has 108 valence electrons. The van der Waals surface area contributed by atoms with Gasteiger partial charge in [0, 0.05) is 6.08 Å². The van der Waals surface area contributed by atoms with Crippen molar-refractivity contribution < 1.29 is 19.0 Å². The van der Waals surface area contributed by atoms with Crippen LogP contribution in [0.3, 0.4) is 0 Å². The van der Waals surface area contributed by atoms with E-state index in [4.69, 9.17) is 14.2 Å². The molecule has 1 rings (SSSR count). The number of benzene rings is 1. The van der Waals surface area contributed by atoms with Gasteiger partial charge < -0.3 is 14.2 Å². The molecule has 0 aliphatic heterocycles. The Labute approximate surface area is 119 Å². The number of hydrogen-bond donors (Lipinski definition) is 0. The van der Waals surface area contributed by atoms with E-state index in [0.29, 0.717) is 19.8 Å². The van der Waals surface area contributed by atoms with Gasteiger partial charge in [-0.2, -0.15) is 0 Å². The van der Waals surface area contributed by atoms with Crippen LogP contribution in [0, 0.1) is 0 Å². The average molecular weight is 276 g/mol.